The number of anilines is 1. The third-order valence-corrected chi connectivity index (χ3v) is 3.98. The summed E-state index contributed by atoms with van der Waals surface area (Å²) in [4.78, 5) is 0. The van der Waals surface area contributed by atoms with Gasteiger partial charge in [-0.15, -0.1) is 0 Å². The summed E-state index contributed by atoms with van der Waals surface area (Å²) in [6, 6.07) is 3.13. The minimum Gasteiger partial charge on any atom is -0.404 e. The van der Waals surface area contributed by atoms with Crippen molar-refractivity contribution in [1.82, 2.24) is 0 Å². The maximum Gasteiger partial charge on any atom is 0.256 e. The number of hydrogen-bond acceptors (Lipinski definition) is 2. The Kier molecular flexibility index (Phi) is 3.08. The van der Waals surface area contributed by atoms with Crippen LogP contribution in [0.2, 0.25) is 5.02 Å². The highest BCUT2D eigenvalue weighted by Gasteiger charge is 2.58. The molecule has 1 saturated carbocycles. The van der Waals surface area contributed by atoms with Gasteiger partial charge in [-0.3, -0.25) is 0 Å². The summed E-state index contributed by atoms with van der Waals surface area (Å²) in [7, 11) is 0. The highest BCUT2D eigenvalue weighted by molar-refractivity contribution is 9.10. The Morgan fingerprint density at radius 3 is 2.59 bits per heavy atom. The Balaban J connectivity index is 2.43. The van der Waals surface area contributed by atoms with Crippen molar-refractivity contribution >= 4 is 38.8 Å². The van der Waals surface area contributed by atoms with Crippen LogP contribution in [0.3, 0.4) is 0 Å². The molecule has 0 heterocycles. The van der Waals surface area contributed by atoms with Crippen molar-refractivity contribution in [3.05, 3.63) is 33.4 Å². The summed E-state index contributed by atoms with van der Waals surface area (Å²) in [5.41, 5.74) is 12.4. The van der Waals surface area contributed by atoms with Crippen molar-refractivity contribution in [1.29, 1.82) is 0 Å². The maximum atomic E-state index is 13.1. The lowest BCUT2D eigenvalue weighted by Crippen LogP contribution is -2.03. The highest BCUT2D eigenvalue weighted by Crippen LogP contribution is 2.56. The summed E-state index contributed by atoms with van der Waals surface area (Å²) in [5, 5.41) is 0.414. The minimum absolute atomic E-state index is 0.191. The standard InChI is InChI=1S/C11H10BrClF2N2/c12-8-2-10(17)5(1-9(8)13)6(4-16)7-3-11(7,14)15/h1-2,4,7H,3,16-17H2/b6-4+. The van der Waals surface area contributed by atoms with Crippen LogP contribution < -0.4 is 11.5 Å². The van der Waals surface area contributed by atoms with Gasteiger partial charge >= 0.3 is 0 Å². The molecule has 4 N–H and O–H groups in total. The van der Waals surface area contributed by atoms with Crippen molar-refractivity contribution in [2.75, 3.05) is 5.73 Å². The van der Waals surface area contributed by atoms with Crippen molar-refractivity contribution in [2.45, 2.75) is 12.3 Å². The molecule has 0 saturated heterocycles. The van der Waals surface area contributed by atoms with Crippen molar-refractivity contribution in [3.8, 4) is 0 Å². The van der Waals surface area contributed by atoms with Gasteiger partial charge in [0, 0.05) is 22.1 Å². The van der Waals surface area contributed by atoms with Gasteiger partial charge in [-0.2, -0.15) is 0 Å². The summed E-state index contributed by atoms with van der Waals surface area (Å²) < 4.78 is 26.7. The zero-order valence-electron chi connectivity index (χ0n) is 8.68. The van der Waals surface area contributed by atoms with E-state index in [4.69, 9.17) is 23.1 Å². The zero-order valence-corrected chi connectivity index (χ0v) is 11.0. The second kappa shape index (κ2) is 4.14. The molecule has 6 heteroatoms. The van der Waals surface area contributed by atoms with Crippen molar-refractivity contribution < 1.29 is 8.78 Å². The van der Waals surface area contributed by atoms with Crippen LogP contribution in [-0.4, -0.2) is 5.92 Å². The fourth-order valence-electron chi connectivity index (χ4n) is 1.76. The van der Waals surface area contributed by atoms with Gasteiger partial charge in [-0.05, 0) is 39.8 Å². The van der Waals surface area contributed by atoms with Gasteiger partial charge in [0.2, 0.25) is 0 Å². The number of alkyl halides is 2. The van der Waals surface area contributed by atoms with Crippen LogP contribution in [0.1, 0.15) is 12.0 Å². The average Bonchev–Trinajstić information content (AvgIpc) is 2.84. The topological polar surface area (TPSA) is 52.0 Å². The molecule has 1 aromatic rings. The lowest BCUT2D eigenvalue weighted by molar-refractivity contribution is 0.109. The molecule has 1 unspecified atom stereocenters. The van der Waals surface area contributed by atoms with Crippen LogP contribution in [0.15, 0.2) is 22.8 Å². The lowest BCUT2D eigenvalue weighted by Gasteiger charge is -2.11. The van der Waals surface area contributed by atoms with Crippen LogP contribution in [-0.2, 0) is 0 Å². The molecule has 0 aromatic heterocycles. The Hall–Kier alpha value is -0.810. The molecular formula is C11H10BrClF2N2. The molecule has 0 spiro atoms. The summed E-state index contributed by atoms with van der Waals surface area (Å²) >= 11 is 9.14. The molecule has 2 rings (SSSR count). The quantitative estimate of drug-likeness (QED) is 0.816. The number of hydrogen-bond donors (Lipinski definition) is 2. The first-order valence-electron chi connectivity index (χ1n) is 4.91. The Morgan fingerprint density at radius 1 is 1.53 bits per heavy atom. The summed E-state index contributed by atoms with van der Waals surface area (Å²) in [5.74, 6) is -3.54. The first-order chi connectivity index (χ1) is 7.86. The first-order valence-corrected chi connectivity index (χ1v) is 6.08. The van der Waals surface area contributed by atoms with Crippen LogP contribution >= 0.6 is 27.5 Å². The molecule has 2 nitrogen and oxygen atoms in total. The number of rotatable bonds is 2. The molecule has 92 valence electrons. The Bertz CT molecular complexity index is 502. The molecule has 1 fully saturated rings. The van der Waals surface area contributed by atoms with Gasteiger partial charge in [0.25, 0.3) is 5.92 Å². The lowest BCUT2D eigenvalue weighted by atomic mass is 10.0. The maximum absolute atomic E-state index is 13.1. The highest BCUT2D eigenvalue weighted by atomic mass is 79.9. The molecule has 0 radical (unpaired) electrons. The Labute approximate surface area is 111 Å². The largest absolute Gasteiger partial charge is 0.404 e. The van der Waals surface area contributed by atoms with Gasteiger partial charge < -0.3 is 11.5 Å². The monoisotopic (exact) mass is 322 g/mol. The molecular weight excluding hydrogens is 313 g/mol. The second-order valence-electron chi connectivity index (χ2n) is 3.99. The molecule has 1 atom stereocenters. The second-order valence-corrected chi connectivity index (χ2v) is 5.25. The molecule has 17 heavy (non-hydrogen) atoms. The van der Waals surface area contributed by atoms with Gasteiger partial charge in [-0.25, -0.2) is 8.78 Å². The van der Waals surface area contributed by atoms with Crippen LogP contribution in [0.25, 0.3) is 5.57 Å². The van der Waals surface area contributed by atoms with Crippen LogP contribution in [0.4, 0.5) is 14.5 Å². The smallest absolute Gasteiger partial charge is 0.256 e. The number of halogens is 4. The van der Waals surface area contributed by atoms with E-state index in [-0.39, 0.29) is 6.42 Å². The van der Waals surface area contributed by atoms with Crippen LogP contribution in [0, 0.1) is 5.92 Å². The predicted octanol–water partition coefficient (Wildman–Crippen LogP) is 3.64. The first kappa shape index (κ1) is 12.6. The van der Waals surface area contributed by atoms with E-state index in [1.54, 1.807) is 12.1 Å². The van der Waals surface area contributed by atoms with E-state index in [1.807, 2.05) is 0 Å². The third-order valence-electron chi connectivity index (χ3n) is 2.78. The summed E-state index contributed by atoms with van der Waals surface area (Å²) in [6.07, 6.45) is 0.991. The van der Waals surface area contributed by atoms with E-state index < -0.39 is 11.8 Å². The zero-order chi connectivity index (χ0) is 12.8. The minimum atomic E-state index is -2.68. The SMILES string of the molecule is N/C=C(\c1cc(Cl)c(Br)cc1N)C1CC1(F)F. The number of benzene rings is 1. The molecule has 0 aliphatic heterocycles. The van der Waals surface area contributed by atoms with Crippen LogP contribution in [0.5, 0.6) is 0 Å². The fraction of sp³-hybridized carbons (Fsp3) is 0.273. The average molecular weight is 324 g/mol. The predicted molar refractivity (Wildman–Crippen MR) is 68.8 cm³/mol. The number of nitrogen functional groups attached to an aromatic ring is 1. The summed E-state index contributed by atoms with van der Waals surface area (Å²) in [6.45, 7) is 0. The van der Waals surface area contributed by atoms with Gasteiger partial charge in [0.05, 0.1) is 10.9 Å². The van der Waals surface area contributed by atoms with Gasteiger partial charge in [0.1, 0.15) is 0 Å². The molecule has 1 aliphatic carbocycles. The Morgan fingerprint density at radius 2 is 2.12 bits per heavy atom. The number of allylic oxidation sites excluding steroid dienone is 1. The molecule has 0 bridgehead atoms. The van der Waals surface area contributed by atoms with Gasteiger partial charge in [0.15, 0.2) is 0 Å². The molecule has 0 amide bonds. The number of nitrogens with two attached hydrogens (primary N) is 2. The van der Waals surface area contributed by atoms with E-state index in [1.165, 1.54) is 6.20 Å². The van der Waals surface area contributed by atoms with E-state index in [0.29, 0.717) is 26.3 Å². The normalized spacial score (nSPS) is 22.6. The molecule has 1 aliphatic rings. The third kappa shape index (κ3) is 2.26. The fourth-order valence-corrected chi connectivity index (χ4v) is 2.28. The van der Waals surface area contributed by atoms with E-state index in [0.717, 1.165) is 0 Å². The van der Waals surface area contributed by atoms with Crippen molar-refractivity contribution in [3.63, 3.8) is 0 Å². The van der Waals surface area contributed by atoms with E-state index in [2.05, 4.69) is 15.9 Å². The van der Waals surface area contributed by atoms with E-state index in [9.17, 15) is 8.78 Å². The molecule has 1 aromatic carbocycles. The van der Waals surface area contributed by atoms with Gasteiger partial charge in [-0.1, -0.05) is 11.6 Å². The van der Waals surface area contributed by atoms with E-state index >= 15 is 0 Å². The van der Waals surface area contributed by atoms with Crippen molar-refractivity contribution in [2.24, 2.45) is 11.7 Å².